The van der Waals surface area contributed by atoms with Crippen LogP contribution in [-0.2, 0) is 42.7 Å². The first-order valence-corrected chi connectivity index (χ1v) is 24.0. The van der Waals surface area contributed by atoms with Gasteiger partial charge >= 0.3 is 0 Å². The van der Waals surface area contributed by atoms with Crippen LogP contribution in [-0.4, -0.2) is 14.1 Å². The molecule has 0 unspecified atom stereocenters. The van der Waals surface area contributed by atoms with Gasteiger partial charge in [0, 0.05) is 62.1 Å². The number of hydrogen-bond donors (Lipinski definition) is 0. The Morgan fingerprint density at radius 2 is 1.13 bits per heavy atom. The maximum absolute atomic E-state index is 7.09. The van der Waals surface area contributed by atoms with Crippen LogP contribution in [0.4, 0.5) is 0 Å². The molecule has 10 rings (SSSR count). The summed E-state index contributed by atoms with van der Waals surface area (Å²) in [7, 11) is 0. The second-order valence-electron chi connectivity index (χ2n) is 21.5. The Morgan fingerprint density at radius 3 is 1.77 bits per heavy atom. The van der Waals surface area contributed by atoms with Crippen LogP contribution in [0.5, 0.6) is 11.5 Å². The van der Waals surface area contributed by atoms with Crippen LogP contribution in [0.25, 0.3) is 50.1 Å². The number of pyridine rings is 1. The molecule has 354 valence electrons. The molecule has 10 aromatic rings. The summed E-state index contributed by atoms with van der Waals surface area (Å²) >= 11 is 0. The van der Waals surface area contributed by atoms with Crippen molar-refractivity contribution in [2.45, 2.75) is 90.9 Å². The molecule has 0 bridgehead atoms. The molecule has 0 N–H and O–H groups in total. The second kappa shape index (κ2) is 18.5. The number of hydrogen-bond acceptors (Lipinski definition) is 2. The molecule has 70 heavy (non-hydrogen) atoms. The standard InChI is InChI=1S/C64H60N4O.Pt/c1-61(2,3)48-30-31-65-59(39-48)68-57-29-21-20-28-55(57)60-56(62(4,5)6)41-54(42-58(60)68)69-53-38-50(64(9,10)47-26-18-13-19-27-47)37-52(40-53)67-33-32-66(43-67)51-35-45(44-22-14-11-15-23-44)34-49(36-51)63(7,8)46-24-16-12-17-25-46;/h11-39,41H,1-10H3;/q-2;. The average Bonchev–Trinajstić information content (AvgIpc) is 3.98. The Hall–Kier alpha value is -6.81. The largest absolute Gasteiger partial charge is 0.510 e. The minimum absolute atomic E-state index is 0. The van der Waals surface area contributed by atoms with Crippen molar-refractivity contribution in [3.05, 3.63) is 234 Å². The Morgan fingerprint density at radius 1 is 0.529 bits per heavy atom. The van der Waals surface area contributed by atoms with E-state index in [1.807, 2.05) is 10.8 Å². The third-order valence-corrected chi connectivity index (χ3v) is 13.9. The molecular weight excluding hydrogens is 1040 g/mol. The minimum atomic E-state index is -0.380. The number of imidazole rings is 1. The maximum Gasteiger partial charge on any atom is 0.267 e. The summed E-state index contributed by atoms with van der Waals surface area (Å²) in [5.41, 5.74) is 12.3. The fourth-order valence-electron chi connectivity index (χ4n) is 9.62. The summed E-state index contributed by atoms with van der Waals surface area (Å²) in [6, 6.07) is 65.8. The van der Waals surface area contributed by atoms with Crippen LogP contribution in [0, 0.1) is 18.5 Å². The third kappa shape index (κ3) is 9.20. The van der Waals surface area contributed by atoms with Crippen molar-refractivity contribution in [3.8, 4) is 39.8 Å². The van der Waals surface area contributed by atoms with E-state index in [2.05, 4.69) is 273 Å². The number of para-hydroxylation sites is 1. The molecule has 3 heterocycles. The van der Waals surface area contributed by atoms with Gasteiger partial charge in [0.25, 0.3) is 6.33 Å². The zero-order valence-electron chi connectivity index (χ0n) is 41.8. The fraction of sp³-hybridized carbons (Fsp3) is 0.219. The molecule has 0 fully saturated rings. The quantitative estimate of drug-likeness (QED) is 0.101. The van der Waals surface area contributed by atoms with E-state index in [0.29, 0.717) is 11.5 Å². The van der Waals surface area contributed by atoms with Gasteiger partial charge in [0.15, 0.2) is 0 Å². The summed E-state index contributed by atoms with van der Waals surface area (Å²) in [6.45, 7) is 22.6. The molecular formula is C64H60N4OPt-2. The van der Waals surface area contributed by atoms with Gasteiger partial charge in [-0.1, -0.05) is 195 Å². The first-order chi connectivity index (χ1) is 32.9. The van der Waals surface area contributed by atoms with Crippen molar-refractivity contribution in [1.82, 2.24) is 14.1 Å². The molecule has 0 amide bonds. The molecule has 0 atom stereocenters. The number of aromatic nitrogens is 4. The molecule has 0 saturated heterocycles. The Labute approximate surface area is 428 Å². The summed E-state index contributed by atoms with van der Waals surface area (Å²) < 4.78 is 13.4. The third-order valence-electron chi connectivity index (χ3n) is 13.9. The van der Waals surface area contributed by atoms with Crippen LogP contribution >= 0.6 is 0 Å². The van der Waals surface area contributed by atoms with Crippen LogP contribution < -0.4 is 9.30 Å². The second-order valence-corrected chi connectivity index (χ2v) is 21.5. The molecule has 0 spiro atoms. The Kier molecular flexibility index (Phi) is 12.7. The van der Waals surface area contributed by atoms with Gasteiger partial charge in [-0.15, -0.1) is 35.4 Å². The van der Waals surface area contributed by atoms with Crippen molar-refractivity contribution < 1.29 is 30.4 Å². The predicted molar refractivity (Wildman–Crippen MR) is 282 cm³/mol. The van der Waals surface area contributed by atoms with E-state index in [1.54, 1.807) is 0 Å². The van der Waals surface area contributed by atoms with Gasteiger partial charge in [0.2, 0.25) is 0 Å². The summed E-state index contributed by atoms with van der Waals surface area (Å²) in [4.78, 5) is 4.98. The minimum Gasteiger partial charge on any atom is -0.510 e. The van der Waals surface area contributed by atoms with Crippen molar-refractivity contribution in [2.75, 3.05) is 0 Å². The van der Waals surface area contributed by atoms with Crippen LogP contribution in [0.2, 0.25) is 0 Å². The van der Waals surface area contributed by atoms with Crippen LogP contribution in [0.3, 0.4) is 0 Å². The molecule has 5 nitrogen and oxygen atoms in total. The first kappa shape index (κ1) is 48.2. The van der Waals surface area contributed by atoms with Gasteiger partial charge in [-0.2, -0.15) is 6.07 Å². The number of nitrogens with zero attached hydrogens (tertiary/aromatic N) is 4. The average molecular weight is 1100 g/mol. The molecule has 0 aliphatic rings. The summed E-state index contributed by atoms with van der Waals surface area (Å²) in [6.07, 6.45) is 9.74. The Balaban J connectivity index is 0.00000608. The molecule has 7 aromatic carbocycles. The van der Waals surface area contributed by atoms with E-state index < -0.39 is 0 Å². The fourth-order valence-corrected chi connectivity index (χ4v) is 9.62. The van der Waals surface area contributed by atoms with E-state index in [9.17, 15) is 0 Å². The van der Waals surface area contributed by atoms with Gasteiger partial charge in [-0.05, 0) is 91.0 Å². The summed E-state index contributed by atoms with van der Waals surface area (Å²) in [5, 5.41) is 2.31. The van der Waals surface area contributed by atoms with Gasteiger partial charge in [-0.3, -0.25) is 4.57 Å². The van der Waals surface area contributed by atoms with E-state index in [1.165, 1.54) is 27.8 Å². The van der Waals surface area contributed by atoms with Crippen LogP contribution in [0.15, 0.2) is 182 Å². The molecule has 6 heteroatoms. The predicted octanol–water partition coefficient (Wildman–Crippen LogP) is 15.4. The number of fused-ring (bicyclic) bond motifs is 3. The molecule has 0 saturated carbocycles. The topological polar surface area (TPSA) is 35.9 Å². The SMILES string of the molecule is CC(C)(C)c1ccnc(-n2c3[c-]c(Oc4[c-]c(-n5[c-][n+](-c6cc(-c7ccccc7)cc(C(C)(C)c7ccccc7)c6)cc5)cc(C(C)(C)c5ccccc5)c4)cc(C(C)(C)C)c3c3ccccc32)c1.[Pt]. The van der Waals surface area contributed by atoms with Gasteiger partial charge in [-0.25, -0.2) is 4.98 Å². The number of ether oxygens (including phenoxy) is 1. The van der Waals surface area contributed by atoms with Crippen LogP contribution in [0.1, 0.15) is 103 Å². The Bertz CT molecular complexity index is 3480. The first-order valence-electron chi connectivity index (χ1n) is 24.0. The van der Waals surface area contributed by atoms with Crippen molar-refractivity contribution in [3.63, 3.8) is 0 Å². The van der Waals surface area contributed by atoms with Gasteiger partial charge < -0.3 is 13.9 Å². The van der Waals surface area contributed by atoms with Crippen molar-refractivity contribution in [1.29, 1.82) is 0 Å². The van der Waals surface area contributed by atoms with E-state index in [0.717, 1.165) is 55.7 Å². The molecule has 0 aliphatic heterocycles. The molecule has 0 aliphatic carbocycles. The monoisotopic (exact) mass is 1100 g/mol. The van der Waals surface area contributed by atoms with Gasteiger partial charge in [0.1, 0.15) is 5.82 Å². The number of rotatable bonds is 10. The zero-order chi connectivity index (χ0) is 48.3. The molecule has 3 aromatic heterocycles. The zero-order valence-corrected chi connectivity index (χ0v) is 44.1. The van der Waals surface area contributed by atoms with E-state index >= 15 is 0 Å². The number of benzene rings is 7. The van der Waals surface area contributed by atoms with E-state index in [4.69, 9.17) is 9.72 Å². The van der Waals surface area contributed by atoms with Crippen molar-refractivity contribution >= 4 is 21.8 Å². The smallest absolute Gasteiger partial charge is 0.267 e. The molecule has 0 radical (unpaired) electrons. The summed E-state index contributed by atoms with van der Waals surface area (Å²) in [5.74, 6) is 2.05. The normalized spacial score (nSPS) is 12.3. The van der Waals surface area contributed by atoms with Gasteiger partial charge in [0.05, 0.1) is 5.69 Å². The van der Waals surface area contributed by atoms with Crippen molar-refractivity contribution in [2.24, 2.45) is 0 Å². The van der Waals surface area contributed by atoms with E-state index in [-0.39, 0.29) is 42.7 Å². The maximum atomic E-state index is 7.09.